The number of carbonyl (C=O) groups is 1. The molecular formula is C21H25NO2. The summed E-state index contributed by atoms with van der Waals surface area (Å²) >= 11 is 0. The summed E-state index contributed by atoms with van der Waals surface area (Å²) in [7, 11) is 0. The third-order valence-corrected chi connectivity index (χ3v) is 4.49. The van der Waals surface area contributed by atoms with Crippen molar-refractivity contribution in [1.82, 2.24) is 5.32 Å². The largest absolute Gasteiger partial charge is 0.490 e. The lowest BCUT2D eigenvalue weighted by Crippen LogP contribution is -2.31. The van der Waals surface area contributed by atoms with E-state index in [9.17, 15) is 4.79 Å². The Labute approximate surface area is 144 Å². The maximum Gasteiger partial charge on any atom is 0.217 e. The van der Waals surface area contributed by atoms with Crippen molar-refractivity contribution in [1.29, 1.82) is 0 Å². The van der Waals surface area contributed by atoms with Crippen LogP contribution in [0.25, 0.3) is 11.1 Å². The van der Waals surface area contributed by atoms with Gasteiger partial charge in [-0.05, 0) is 61.4 Å². The minimum atomic E-state index is 0.0170. The molecule has 0 saturated heterocycles. The monoisotopic (exact) mass is 323 g/mol. The molecule has 1 atom stereocenters. The number of hydrogen-bond donors (Lipinski definition) is 1. The topological polar surface area (TPSA) is 38.3 Å². The SMILES string of the molecule is CC(=O)NC(C)Cc1ccc(-c2ccc(OC3CCC3)cc2)cc1. The highest BCUT2D eigenvalue weighted by atomic mass is 16.5. The molecule has 1 aliphatic rings. The lowest BCUT2D eigenvalue weighted by Gasteiger charge is -2.26. The molecule has 1 fully saturated rings. The smallest absolute Gasteiger partial charge is 0.217 e. The van der Waals surface area contributed by atoms with E-state index in [-0.39, 0.29) is 11.9 Å². The summed E-state index contributed by atoms with van der Waals surface area (Å²) in [6.07, 6.45) is 4.91. The van der Waals surface area contributed by atoms with Gasteiger partial charge in [0.25, 0.3) is 0 Å². The highest BCUT2D eigenvalue weighted by Crippen LogP contribution is 2.27. The summed E-state index contributed by atoms with van der Waals surface area (Å²) in [6, 6.07) is 17.0. The third kappa shape index (κ3) is 4.38. The van der Waals surface area contributed by atoms with Gasteiger partial charge in [-0.15, -0.1) is 0 Å². The highest BCUT2D eigenvalue weighted by Gasteiger charge is 2.18. The fourth-order valence-electron chi connectivity index (χ4n) is 2.99. The van der Waals surface area contributed by atoms with Crippen LogP contribution in [0.3, 0.4) is 0 Å². The van der Waals surface area contributed by atoms with Crippen LogP contribution in [-0.4, -0.2) is 18.1 Å². The molecule has 0 spiro atoms. The first kappa shape index (κ1) is 16.6. The summed E-state index contributed by atoms with van der Waals surface area (Å²) < 4.78 is 5.90. The number of ether oxygens (including phenoxy) is 1. The van der Waals surface area contributed by atoms with Gasteiger partial charge < -0.3 is 10.1 Å². The predicted molar refractivity (Wildman–Crippen MR) is 97.1 cm³/mol. The minimum Gasteiger partial charge on any atom is -0.490 e. The second-order valence-corrected chi connectivity index (χ2v) is 6.70. The number of hydrogen-bond acceptors (Lipinski definition) is 2. The minimum absolute atomic E-state index is 0.0170. The zero-order valence-electron chi connectivity index (χ0n) is 14.4. The molecule has 1 unspecified atom stereocenters. The summed E-state index contributed by atoms with van der Waals surface area (Å²) in [4.78, 5) is 11.1. The molecular weight excluding hydrogens is 298 g/mol. The standard InChI is InChI=1S/C21H25NO2/c1-15(22-16(2)23)14-17-6-8-18(9-7-17)19-10-12-21(13-11-19)24-20-4-3-5-20/h6-13,15,20H,3-5,14H2,1-2H3,(H,22,23). The Morgan fingerprint density at radius 1 is 1.08 bits per heavy atom. The van der Waals surface area contributed by atoms with E-state index < -0.39 is 0 Å². The first-order chi connectivity index (χ1) is 11.6. The van der Waals surface area contributed by atoms with Crippen LogP contribution in [0.5, 0.6) is 5.75 Å². The molecule has 3 heteroatoms. The van der Waals surface area contributed by atoms with Crippen LogP contribution in [0.1, 0.15) is 38.7 Å². The number of amides is 1. The molecule has 3 nitrogen and oxygen atoms in total. The van der Waals surface area contributed by atoms with Crippen LogP contribution in [0, 0.1) is 0 Å². The van der Waals surface area contributed by atoms with Crippen LogP contribution in [0.2, 0.25) is 0 Å². The van der Waals surface area contributed by atoms with Gasteiger partial charge in [-0.25, -0.2) is 0 Å². The van der Waals surface area contributed by atoms with Gasteiger partial charge in [-0.3, -0.25) is 4.79 Å². The molecule has 0 aromatic heterocycles. The van der Waals surface area contributed by atoms with Crippen molar-refractivity contribution in [2.45, 2.75) is 51.7 Å². The molecule has 0 bridgehead atoms. The second kappa shape index (κ2) is 7.52. The van der Waals surface area contributed by atoms with Gasteiger partial charge >= 0.3 is 0 Å². The van der Waals surface area contributed by atoms with E-state index in [0.717, 1.165) is 12.2 Å². The number of nitrogens with one attached hydrogen (secondary N) is 1. The predicted octanol–water partition coefficient (Wildman–Crippen LogP) is 4.35. The summed E-state index contributed by atoms with van der Waals surface area (Å²) in [6.45, 7) is 3.58. The fourth-order valence-corrected chi connectivity index (χ4v) is 2.99. The molecule has 126 valence electrons. The van der Waals surface area contributed by atoms with E-state index in [0.29, 0.717) is 6.10 Å². The Bertz CT molecular complexity index is 672. The van der Waals surface area contributed by atoms with E-state index in [1.165, 1.54) is 36.0 Å². The summed E-state index contributed by atoms with van der Waals surface area (Å²) in [5.74, 6) is 0.979. The van der Waals surface area contributed by atoms with Crippen molar-refractivity contribution in [3.63, 3.8) is 0 Å². The van der Waals surface area contributed by atoms with E-state index >= 15 is 0 Å². The van der Waals surface area contributed by atoms with Crippen LogP contribution < -0.4 is 10.1 Å². The maximum absolute atomic E-state index is 11.1. The van der Waals surface area contributed by atoms with Gasteiger partial charge in [-0.1, -0.05) is 36.4 Å². The molecule has 1 N–H and O–H groups in total. The van der Waals surface area contributed by atoms with E-state index in [2.05, 4.69) is 53.8 Å². The first-order valence-corrected chi connectivity index (χ1v) is 8.73. The van der Waals surface area contributed by atoms with Gasteiger partial charge in [0.05, 0.1) is 6.10 Å². The number of carbonyl (C=O) groups excluding carboxylic acids is 1. The second-order valence-electron chi connectivity index (χ2n) is 6.70. The number of rotatable bonds is 6. The molecule has 0 radical (unpaired) electrons. The quantitative estimate of drug-likeness (QED) is 0.858. The van der Waals surface area contributed by atoms with E-state index in [1.54, 1.807) is 6.92 Å². The fraction of sp³-hybridized carbons (Fsp3) is 0.381. The van der Waals surface area contributed by atoms with Gasteiger partial charge in [0.1, 0.15) is 5.75 Å². The Balaban J connectivity index is 1.61. The van der Waals surface area contributed by atoms with Crippen molar-refractivity contribution in [2.24, 2.45) is 0 Å². The molecule has 1 amide bonds. The first-order valence-electron chi connectivity index (χ1n) is 8.73. The van der Waals surface area contributed by atoms with E-state index in [1.807, 2.05) is 6.92 Å². The molecule has 0 heterocycles. The molecule has 2 aromatic carbocycles. The lowest BCUT2D eigenvalue weighted by molar-refractivity contribution is -0.119. The lowest BCUT2D eigenvalue weighted by atomic mass is 9.96. The average Bonchev–Trinajstić information content (AvgIpc) is 2.51. The number of benzene rings is 2. The van der Waals surface area contributed by atoms with Crippen molar-refractivity contribution < 1.29 is 9.53 Å². The highest BCUT2D eigenvalue weighted by molar-refractivity contribution is 5.73. The summed E-state index contributed by atoms with van der Waals surface area (Å²) in [5, 5.41) is 2.92. The zero-order valence-corrected chi connectivity index (χ0v) is 14.4. The van der Waals surface area contributed by atoms with Gasteiger partial charge in [0, 0.05) is 13.0 Å². The Morgan fingerprint density at radius 2 is 1.67 bits per heavy atom. The average molecular weight is 323 g/mol. The molecule has 24 heavy (non-hydrogen) atoms. The normalized spacial score (nSPS) is 15.4. The van der Waals surface area contributed by atoms with Crippen LogP contribution >= 0.6 is 0 Å². The van der Waals surface area contributed by atoms with Crippen molar-refractivity contribution >= 4 is 5.91 Å². The third-order valence-electron chi connectivity index (χ3n) is 4.49. The molecule has 2 aromatic rings. The van der Waals surface area contributed by atoms with Crippen LogP contribution in [0.15, 0.2) is 48.5 Å². The molecule has 3 rings (SSSR count). The van der Waals surface area contributed by atoms with Gasteiger partial charge in [-0.2, -0.15) is 0 Å². The Kier molecular flexibility index (Phi) is 5.19. The molecule has 1 aliphatic carbocycles. The summed E-state index contributed by atoms with van der Waals surface area (Å²) in [5.41, 5.74) is 3.61. The molecule has 0 aliphatic heterocycles. The van der Waals surface area contributed by atoms with Crippen LogP contribution in [-0.2, 0) is 11.2 Å². The maximum atomic E-state index is 11.1. The Hall–Kier alpha value is -2.29. The zero-order chi connectivity index (χ0) is 16.9. The van der Waals surface area contributed by atoms with Crippen molar-refractivity contribution in [2.75, 3.05) is 0 Å². The van der Waals surface area contributed by atoms with E-state index in [4.69, 9.17) is 4.74 Å². The van der Waals surface area contributed by atoms with Crippen molar-refractivity contribution in [3.8, 4) is 16.9 Å². The van der Waals surface area contributed by atoms with Gasteiger partial charge in [0.15, 0.2) is 0 Å². The molecule has 1 saturated carbocycles. The Morgan fingerprint density at radius 3 is 2.17 bits per heavy atom. The van der Waals surface area contributed by atoms with Gasteiger partial charge in [0.2, 0.25) is 5.91 Å². The van der Waals surface area contributed by atoms with Crippen LogP contribution in [0.4, 0.5) is 0 Å². The van der Waals surface area contributed by atoms with Crippen molar-refractivity contribution in [3.05, 3.63) is 54.1 Å².